The number of carbonyl (C=O) groups is 3. The highest BCUT2D eigenvalue weighted by Gasteiger charge is 2.40. The van der Waals surface area contributed by atoms with Gasteiger partial charge in [0.25, 0.3) is 34.4 Å². The minimum Gasteiger partial charge on any atom is -0.330 e. The third-order valence-corrected chi connectivity index (χ3v) is 20.7. The molecule has 6 unspecified atom stereocenters. The number of aromatic nitrogens is 9. The van der Waals surface area contributed by atoms with E-state index in [0.29, 0.717) is 87.0 Å². The van der Waals surface area contributed by atoms with Crippen LogP contribution in [0.5, 0.6) is 0 Å². The number of sulfonamides is 3. The van der Waals surface area contributed by atoms with E-state index in [1.54, 1.807) is 111 Å². The van der Waals surface area contributed by atoms with Crippen LogP contribution in [0.15, 0.2) is 87.2 Å². The average Bonchev–Trinajstić information content (AvgIpc) is 1.58. The lowest BCUT2D eigenvalue weighted by atomic mass is 9.88. The maximum Gasteiger partial charge on any atom is 0.275 e. The van der Waals surface area contributed by atoms with Crippen LogP contribution in [0.1, 0.15) is 183 Å². The zero-order chi connectivity index (χ0) is 72.2. The molecule has 0 radical (unpaired) electrons. The SMILES string of the molecule is C.Cc1ccc(NS(C)(=O)=O)c(C(=O)N2CCCC(C)C2c2cc3nc(C)c(C)c(=O)n3[nH]2)c1.Cc1ccc(NS(C)(=O)=O)c(C(=O)N2CCCC(C)C2c2cc3nc(C)c(C)c(=O)n3[nH]2)c1.Cc1ccc(NS(C)(=O)=O)c(C(=O)N2CCCC(C)C2c2cc3nc(C)c(C)c(=O)n3[nH]2)c1. The molecule has 0 saturated carbocycles. The Hall–Kier alpha value is -9.42. The lowest BCUT2D eigenvalue weighted by Crippen LogP contribution is -2.42. The van der Waals surface area contributed by atoms with Gasteiger partial charge in [-0.1, -0.05) is 63.1 Å². The molecule has 30 heteroatoms. The zero-order valence-electron chi connectivity index (χ0n) is 58.4. The standard InChI is InChI=1S/3C23H29N5O4S.CH4/c3*1-13-8-9-18(26-33(5,31)32)17(11-13)23(30)27-10-6-7-14(2)21(27)19-12-20-24-16(4)15(3)22(29)28(20)25-19;/h3*8-9,11-12,14,21,25-26H,6-7,10H2,1-5H3;1H4. The van der Waals surface area contributed by atoms with Crippen molar-refractivity contribution in [3.8, 4) is 0 Å². The average molecular weight is 1430 g/mol. The number of amides is 3. The van der Waals surface area contributed by atoms with Gasteiger partial charge in [0.2, 0.25) is 30.1 Å². The summed E-state index contributed by atoms with van der Waals surface area (Å²) in [5.74, 6) is -0.382. The minimum atomic E-state index is -3.56. The molecule has 100 heavy (non-hydrogen) atoms. The summed E-state index contributed by atoms with van der Waals surface area (Å²) in [7, 11) is -10.7. The Kier molecular flexibility index (Phi) is 21.7. The van der Waals surface area contributed by atoms with E-state index in [-0.39, 0.29) is 94.8 Å². The van der Waals surface area contributed by atoms with E-state index in [9.17, 15) is 54.0 Å². The van der Waals surface area contributed by atoms with Gasteiger partial charge >= 0.3 is 0 Å². The summed E-state index contributed by atoms with van der Waals surface area (Å²) in [6.07, 6.45) is 8.46. The van der Waals surface area contributed by atoms with Crippen molar-refractivity contribution in [3.05, 3.63) is 188 Å². The molecule has 12 rings (SSSR count). The number of nitrogens with one attached hydrogen (secondary N) is 6. The first-order valence-corrected chi connectivity index (χ1v) is 38.5. The van der Waals surface area contributed by atoms with Crippen molar-refractivity contribution in [3.63, 3.8) is 0 Å². The zero-order valence-corrected chi connectivity index (χ0v) is 60.9. The van der Waals surface area contributed by atoms with Crippen molar-refractivity contribution >= 4 is 81.8 Å². The quantitative estimate of drug-likeness (QED) is 0.0663. The number of hydrogen-bond acceptors (Lipinski definition) is 15. The van der Waals surface area contributed by atoms with Crippen molar-refractivity contribution in [2.75, 3.05) is 52.6 Å². The third-order valence-electron chi connectivity index (χ3n) is 19.0. The Balaban J connectivity index is 0.000000174. The van der Waals surface area contributed by atoms with Gasteiger partial charge in [-0.3, -0.25) is 58.2 Å². The first-order chi connectivity index (χ1) is 46.4. The van der Waals surface area contributed by atoms with Crippen LogP contribution in [0.3, 0.4) is 0 Å². The Bertz CT molecular complexity index is 4730. The van der Waals surface area contributed by atoms with Crippen molar-refractivity contribution < 1.29 is 39.6 Å². The molecule has 536 valence electrons. The van der Waals surface area contributed by atoms with Gasteiger partial charge in [0.05, 0.1) is 87.7 Å². The number of rotatable bonds is 12. The molecule has 3 fully saturated rings. The summed E-state index contributed by atoms with van der Waals surface area (Å²) in [5, 5.41) is 9.51. The predicted octanol–water partition coefficient (Wildman–Crippen LogP) is 9.43. The van der Waals surface area contributed by atoms with Gasteiger partial charge in [0.15, 0.2) is 16.9 Å². The summed E-state index contributed by atoms with van der Waals surface area (Å²) in [4.78, 5) is 98.4. The number of H-pyrrole nitrogens is 3. The number of nitrogens with zero attached hydrogens (tertiary/aromatic N) is 9. The molecule has 0 spiro atoms. The van der Waals surface area contributed by atoms with Gasteiger partial charge in [-0.15, -0.1) is 0 Å². The molecule has 6 atom stereocenters. The Morgan fingerprint density at radius 2 is 0.650 bits per heavy atom. The van der Waals surface area contributed by atoms with E-state index in [0.717, 1.165) is 91.1 Å². The van der Waals surface area contributed by atoms with E-state index in [2.05, 4.69) is 65.2 Å². The topological polar surface area (TPSA) is 350 Å². The summed E-state index contributed by atoms with van der Waals surface area (Å²) in [6, 6.07) is 19.8. The molecule has 9 heterocycles. The number of carbonyl (C=O) groups excluding carboxylic acids is 3. The van der Waals surface area contributed by atoms with Gasteiger partial charge < -0.3 is 14.7 Å². The predicted molar refractivity (Wildman–Crippen MR) is 388 cm³/mol. The normalized spacial score (nSPS) is 18.9. The molecule has 0 bridgehead atoms. The number of anilines is 3. The highest BCUT2D eigenvalue weighted by molar-refractivity contribution is 7.92. The molecular weight excluding hydrogens is 1340 g/mol. The largest absolute Gasteiger partial charge is 0.330 e. The first kappa shape index (κ1) is 74.8. The Morgan fingerprint density at radius 3 is 0.880 bits per heavy atom. The van der Waals surface area contributed by atoms with Crippen LogP contribution in [0.4, 0.5) is 17.1 Å². The van der Waals surface area contributed by atoms with Crippen LogP contribution in [0.2, 0.25) is 0 Å². The fourth-order valence-electron chi connectivity index (χ4n) is 13.7. The molecular formula is C70H91N15O12S3. The van der Waals surface area contributed by atoms with Crippen molar-refractivity contribution in [2.45, 2.75) is 147 Å². The molecule has 6 aromatic heterocycles. The summed E-state index contributed by atoms with van der Waals surface area (Å²) < 4.78 is 82.9. The Labute approximate surface area is 582 Å². The highest BCUT2D eigenvalue weighted by atomic mass is 32.2. The van der Waals surface area contributed by atoms with Gasteiger partial charge in [0, 0.05) is 71.6 Å². The molecule has 3 aliphatic heterocycles. The molecule has 3 amide bonds. The molecule has 6 N–H and O–H groups in total. The van der Waals surface area contributed by atoms with Crippen molar-refractivity contribution in [1.29, 1.82) is 0 Å². The first-order valence-electron chi connectivity index (χ1n) is 32.8. The van der Waals surface area contributed by atoms with E-state index < -0.39 is 30.1 Å². The molecule has 9 aromatic rings. The molecule has 27 nitrogen and oxygen atoms in total. The van der Waals surface area contributed by atoms with E-state index in [1.165, 1.54) is 13.5 Å². The Morgan fingerprint density at radius 1 is 0.410 bits per heavy atom. The van der Waals surface area contributed by atoms with Crippen molar-refractivity contribution in [2.24, 2.45) is 17.8 Å². The number of aryl methyl sites for hydroxylation is 6. The fourth-order valence-corrected chi connectivity index (χ4v) is 15.4. The van der Waals surface area contributed by atoms with Gasteiger partial charge in [-0.25, -0.2) is 53.8 Å². The number of fused-ring (bicyclic) bond motifs is 3. The number of benzene rings is 3. The third kappa shape index (κ3) is 15.9. The number of piperidine rings is 3. The van der Waals surface area contributed by atoms with Crippen LogP contribution in [0, 0.1) is 80.1 Å². The van der Waals surface area contributed by atoms with Crippen LogP contribution in [-0.2, 0) is 30.1 Å². The second kappa shape index (κ2) is 29.0. The molecule has 3 aliphatic rings. The summed E-state index contributed by atoms with van der Waals surface area (Å²) >= 11 is 0. The maximum absolute atomic E-state index is 13.8. The lowest BCUT2D eigenvalue weighted by molar-refractivity contribution is 0.0500. The van der Waals surface area contributed by atoms with Gasteiger partial charge in [-0.05, 0) is 155 Å². The van der Waals surface area contributed by atoms with E-state index in [4.69, 9.17) is 0 Å². The number of likely N-dealkylation sites (tertiary alicyclic amines) is 3. The second-order valence-electron chi connectivity index (χ2n) is 27.1. The van der Waals surface area contributed by atoms with E-state index in [1.807, 2.05) is 39.0 Å². The molecule has 3 aromatic carbocycles. The maximum atomic E-state index is 13.8. The highest BCUT2D eigenvalue weighted by Crippen LogP contribution is 2.41. The summed E-state index contributed by atoms with van der Waals surface area (Å²) in [5.41, 5.74) is 11.2. The molecule has 3 saturated heterocycles. The smallest absolute Gasteiger partial charge is 0.275 e. The summed E-state index contributed by atoms with van der Waals surface area (Å²) in [6.45, 7) is 24.0. The second-order valence-corrected chi connectivity index (χ2v) is 32.3. The van der Waals surface area contributed by atoms with Crippen LogP contribution >= 0.6 is 0 Å². The van der Waals surface area contributed by atoms with E-state index >= 15 is 0 Å². The van der Waals surface area contributed by atoms with Gasteiger partial charge in [-0.2, -0.15) is 0 Å². The number of aromatic amines is 3. The van der Waals surface area contributed by atoms with Crippen LogP contribution in [-0.4, -0.2) is 140 Å². The van der Waals surface area contributed by atoms with Crippen molar-refractivity contribution in [1.82, 2.24) is 58.5 Å². The van der Waals surface area contributed by atoms with Crippen LogP contribution in [0.25, 0.3) is 16.9 Å². The minimum absolute atomic E-state index is 0. The lowest BCUT2D eigenvalue weighted by Gasteiger charge is -2.39. The van der Waals surface area contributed by atoms with Gasteiger partial charge in [0.1, 0.15) is 0 Å². The number of hydrogen-bond donors (Lipinski definition) is 6. The fraction of sp³-hybridized carbons (Fsp3) is 0.443. The molecule has 0 aliphatic carbocycles. The van der Waals surface area contributed by atoms with Crippen LogP contribution < -0.4 is 30.8 Å². The monoisotopic (exact) mass is 1430 g/mol.